The van der Waals surface area contributed by atoms with E-state index in [4.69, 9.17) is 4.74 Å². The molecular weight excluding hydrogens is 332 g/mol. The third-order valence-electron chi connectivity index (χ3n) is 5.62. The van der Waals surface area contributed by atoms with E-state index >= 15 is 0 Å². The maximum atomic E-state index is 12.8. The van der Waals surface area contributed by atoms with Crippen LogP contribution < -0.4 is 0 Å². The Morgan fingerprint density at radius 3 is 2.48 bits per heavy atom. The zero-order chi connectivity index (χ0) is 18.3. The molecule has 0 saturated heterocycles. The third-order valence-corrected chi connectivity index (χ3v) is 7.34. The highest BCUT2D eigenvalue weighted by molar-refractivity contribution is 7.91. The van der Waals surface area contributed by atoms with Crippen LogP contribution in [0.4, 0.5) is 0 Å². The third kappa shape index (κ3) is 3.85. The molecule has 25 heavy (non-hydrogen) atoms. The van der Waals surface area contributed by atoms with E-state index in [1.165, 1.54) is 5.57 Å². The van der Waals surface area contributed by atoms with Gasteiger partial charge in [0.1, 0.15) is 0 Å². The summed E-state index contributed by atoms with van der Waals surface area (Å²) >= 11 is 0. The summed E-state index contributed by atoms with van der Waals surface area (Å²) in [6.07, 6.45) is 5.20. The van der Waals surface area contributed by atoms with Crippen LogP contribution in [0, 0.1) is 5.41 Å². The zero-order valence-corrected chi connectivity index (χ0v) is 16.7. The van der Waals surface area contributed by atoms with E-state index in [-0.39, 0.29) is 22.9 Å². The van der Waals surface area contributed by atoms with Crippen molar-refractivity contribution in [3.8, 4) is 0 Å². The molecule has 2 aliphatic carbocycles. The summed E-state index contributed by atoms with van der Waals surface area (Å²) < 4.78 is 32.0. The molecule has 0 spiro atoms. The highest BCUT2D eigenvalue weighted by Crippen LogP contribution is 2.53. The molecule has 0 amide bonds. The first-order valence-electron chi connectivity index (χ1n) is 9.29. The van der Waals surface area contributed by atoms with E-state index in [0.717, 1.165) is 37.7 Å². The van der Waals surface area contributed by atoms with E-state index in [9.17, 15) is 8.42 Å². The van der Waals surface area contributed by atoms with E-state index in [1.807, 2.05) is 6.07 Å². The van der Waals surface area contributed by atoms with Crippen LogP contribution in [0.1, 0.15) is 59.8 Å². The van der Waals surface area contributed by atoms with Gasteiger partial charge in [-0.25, -0.2) is 8.42 Å². The van der Waals surface area contributed by atoms with Crippen LogP contribution in [0.2, 0.25) is 0 Å². The lowest BCUT2D eigenvalue weighted by atomic mass is 9.72. The molecule has 3 rings (SSSR count). The van der Waals surface area contributed by atoms with Gasteiger partial charge in [0, 0.05) is 5.41 Å². The molecule has 0 N–H and O–H groups in total. The lowest BCUT2D eigenvalue weighted by Gasteiger charge is -2.40. The minimum atomic E-state index is -3.28. The van der Waals surface area contributed by atoms with Crippen molar-refractivity contribution in [3.05, 3.63) is 41.5 Å². The molecule has 1 aromatic rings. The summed E-state index contributed by atoms with van der Waals surface area (Å²) in [6.45, 7) is 8.57. The highest BCUT2D eigenvalue weighted by atomic mass is 32.2. The Kier molecular flexibility index (Phi) is 4.89. The molecule has 0 radical (unpaired) electrons. The quantitative estimate of drug-likeness (QED) is 0.714. The summed E-state index contributed by atoms with van der Waals surface area (Å²) in [7, 11) is -3.28. The largest absolute Gasteiger partial charge is 0.372 e. The number of fused-ring (bicyclic) bond motifs is 1. The van der Waals surface area contributed by atoms with Crippen molar-refractivity contribution in [1.82, 2.24) is 0 Å². The number of hydrogen-bond donors (Lipinski definition) is 0. The SMILES string of the molecule is CC(C)(C)O[C@@H]1CCC2=C(CS(=O)(=O)c3ccccc3)CCC[C@]21C. The van der Waals surface area contributed by atoms with E-state index in [2.05, 4.69) is 27.7 Å². The number of sulfone groups is 1. The summed E-state index contributed by atoms with van der Waals surface area (Å²) in [5.74, 6) is 0.157. The number of benzene rings is 1. The fourth-order valence-corrected chi connectivity index (χ4v) is 6.02. The Morgan fingerprint density at radius 2 is 1.84 bits per heavy atom. The van der Waals surface area contributed by atoms with Gasteiger partial charge in [0.2, 0.25) is 0 Å². The van der Waals surface area contributed by atoms with Gasteiger partial charge in [-0.1, -0.05) is 36.3 Å². The molecule has 2 atom stereocenters. The predicted octanol–water partition coefficient (Wildman–Crippen LogP) is 4.92. The fraction of sp³-hybridized carbons (Fsp3) is 0.619. The molecule has 3 nitrogen and oxygen atoms in total. The van der Waals surface area contributed by atoms with Crippen LogP contribution in [-0.4, -0.2) is 25.9 Å². The summed E-state index contributed by atoms with van der Waals surface area (Å²) in [5, 5.41) is 0. The van der Waals surface area contributed by atoms with Gasteiger partial charge < -0.3 is 4.74 Å². The molecule has 0 bridgehead atoms. The average molecular weight is 363 g/mol. The van der Waals surface area contributed by atoms with Gasteiger partial charge in [-0.15, -0.1) is 0 Å². The first kappa shape index (κ1) is 18.7. The second-order valence-electron chi connectivity index (χ2n) is 8.68. The topological polar surface area (TPSA) is 43.4 Å². The van der Waals surface area contributed by atoms with Crippen molar-refractivity contribution in [2.75, 3.05) is 5.75 Å². The number of rotatable bonds is 4. The van der Waals surface area contributed by atoms with Crippen LogP contribution in [-0.2, 0) is 14.6 Å². The Hall–Kier alpha value is -1.13. The minimum Gasteiger partial charge on any atom is -0.372 e. The zero-order valence-electron chi connectivity index (χ0n) is 15.8. The Labute approximate surface area is 152 Å². The summed E-state index contributed by atoms with van der Waals surface area (Å²) in [5.41, 5.74) is 2.31. The second kappa shape index (κ2) is 6.55. The molecule has 138 valence electrons. The van der Waals surface area contributed by atoms with Gasteiger partial charge in [-0.2, -0.15) is 0 Å². The lowest BCUT2D eigenvalue weighted by Crippen LogP contribution is -2.38. The number of hydrogen-bond acceptors (Lipinski definition) is 3. The van der Waals surface area contributed by atoms with Gasteiger partial charge in [0.05, 0.1) is 22.4 Å². The van der Waals surface area contributed by atoms with Crippen molar-refractivity contribution in [2.45, 2.75) is 76.4 Å². The standard InChI is InChI=1S/C21H30O3S/c1-20(2,3)24-19-13-12-18-16(9-8-14-21(18,19)4)15-25(22,23)17-10-6-5-7-11-17/h5-7,10-11,19H,8-9,12-15H2,1-4H3/t19-,21-/m1/s1. The molecule has 4 heteroatoms. The van der Waals surface area contributed by atoms with Crippen molar-refractivity contribution in [3.63, 3.8) is 0 Å². The van der Waals surface area contributed by atoms with Crippen LogP contribution >= 0.6 is 0 Å². The van der Waals surface area contributed by atoms with Gasteiger partial charge in [0.25, 0.3) is 0 Å². The first-order chi connectivity index (χ1) is 11.6. The Morgan fingerprint density at radius 1 is 1.16 bits per heavy atom. The molecule has 1 fully saturated rings. The fourth-order valence-electron chi connectivity index (χ4n) is 4.50. The summed E-state index contributed by atoms with van der Waals surface area (Å²) in [6, 6.07) is 8.83. The van der Waals surface area contributed by atoms with Crippen LogP contribution in [0.15, 0.2) is 46.4 Å². The van der Waals surface area contributed by atoms with E-state index < -0.39 is 9.84 Å². The molecule has 0 heterocycles. The van der Waals surface area contributed by atoms with Gasteiger partial charge in [0.15, 0.2) is 9.84 Å². The molecule has 0 unspecified atom stereocenters. The van der Waals surface area contributed by atoms with Gasteiger partial charge in [-0.3, -0.25) is 0 Å². The van der Waals surface area contributed by atoms with Crippen molar-refractivity contribution >= 4 is 9.84 Å². The molecule has 1 aromatic carbocycles. The van der Waals surface area contributed by atoms with Crippen LogP contribution in [0.5, 0.6) is 0 Å². The maximum Gasteiger partial charge on any atom is 0.182 e. The maximum absolute atomic E-state index is 12.8. The first-order valence-corrected chi connectivity index (χ1v) is 10.9. The summed E-state index contributed by atoms with van der Waals surface area (Å²) in [4.78, 5) is 0.427. The van der Waals surface area contributed by atoms with E-state index in [0.29, 0.717) is 4.90 Å². The predicted molar refractivity (Wildman–Crippen MR) is 101 cm³/mol. The smallest absolute Gasteiger partial charge is 0.182 e. The number of ether oxygens (including phenoxy) is 1. The lowest BCUT2D eigenvalue weighted by molar-refractivity contribution is -0.0973. The Bertz CT molecular complexity index is 756. The molecule has 2 aliphatic rings. The minimum absolute atomic E-state index is 0.00687. The monoisotopic (exact) mass is 362 g/mol. The van der Waals surface area contributed by atoms with Crippen LogP contribution in [0.25, 0.3) is 0 Å². The van der Waals surface area contributed by atoms with Crippen molar-refractivity contribution in [2.24, 2.45) is 5.41 Å². The molecule has 1 saturated carbocycles. The molecular formula is C21H30O3S. The van der Waals surface area contributed by atoms with Crippen LogP contribution in [0.3, 0.4) is 0 Å². The van der Waals surface area contributed by atoms with Crippen molar-refractivity contribution in [1.29, 1.82) is 0 Å². The van der Waals surface area contributed by atoms with Gasteiger partial charge >= 0.3 is 0 Å². The average Bonchev–Trinajstić information content (AvgIpc) is 2.84. The Balaban J connectivity index is 1.90. The van der Waals surface area contributed by atoms with Gasteiger partial charge in [-0.05, 0) is 65.0 Å². The highest BCUT2D eigenvalue weighted by Gasteiger charge is 2.47. The van der Waals surface area contributed by atoms with Crippen molar-refractivity contribution < 1.29 is 13.2 Å². The molecule has 0 aliphatic heterocycles. The van der Waals surface area contributed by atoms with E-state index in [1.54, 1.807) is 24.3 Å². The second-order valence-corrected chi connectivity index (χ2v) is 10.7. The molecule has 0 aromatic heterocycles. The normalized spacial score (nSPS) is 27.4.